The molecule has 0 saturated heterocycles. The minimum atomic E-state index is -0.834. The Kier molecular flexibility index (Phi) is 6.30. The molecule has 0 saturated carbocycles. The van der Waals surface area contributed by atoms with Crippen LogP contribution >= 0.6 is 11.6 Å². The SMILES string of the molecule is O=C(COC(=O)COc1ccccc1[N+](=O)[O-])Nc1cccc(Cl)c1. The van der Waals surface area contributed by atoms with E-state index >= 15 is 0 Å². The number of anilines is 1. The van der Waals surface area contributed by atoms with Crippen LogP contribution in [0.5, 0.6) is 5.75 Å². The van der Waals surface area contributed by atoms with Crippen LogP contribution in [-0.4, -0.2) is 30.0 Å². The fourth-order valence-corrected chi connectivity index (χ4v) is 2.01. The van der Waals surface area contributed by atoms with Crippen molar-refractivity contribution >= 4 is 34.9 Å². The smallest absolute Gasteiger partial charge is 0.344 e. The molecule has 0 radical (unpaired) electrons. The van der Waals surface area contributed by atoms with Crippen molar-refractivity contribution in [3.05, 3.63) is 63.7 Å². The van der Waals surface area contributed by atoms with E-state index in [1.807, 2.05) is 0 Å². The van der Waals surface area contributed by atoms with E-state index in [-0.39, 0.29) is 11.4 Å². The lowest BCUT2D eigenvalue weighted by atomic mass is 10.3. The van der Waals surface area contributed by atoms with Gasteiger partial charge < -0.3 is 14.8 Å². The summed E-state index contributed by atoms with van der Waals surface area (Å²) in [5.41, 5.74) is 0.193. The third-order valence-electron chi connectivity index (χ3n) is 2.88. The van der Waals surface area contributed by atoms with Crippen molar-refractivity contribution in [1.82, 2.24) is 0 Å². The fraction of sp³-hybridized carbons (Fsp3) is 0.125. The summed E-state index contributed by atoms with van der Waals surface area (Å²) < 4.78 is 9.81. The van der Waals surface area contributed by atoms with Gasteiger partial charge in [0.25, 0.3) is 5.91 Å². The molecule has 1 N–H and O–H groups in total. The van der Waals surface area contributed by atoms with Gasteiger partial charge in [0.15, 0.2) is 19.0 Å². The number of nitro groups is 1. The number of amides is 1. The zero-order chi connectivity index (χ0) is 18.2. The van der Waals surface area contributed by atoms with Crippen LogP contribution in [0.2, 0.25) is 5.02 Å². The van der Waals surface area contributed by atoms with Gasteiger partial charge in [0, 0.05) is 16.8 Å². The highest BCUT2D eigenvalue weighted by Gasteiger charge is 2.16. The maximum absolute atomic E-state index is 11.7. The molecule has 0 spiro atoms. The first-order chi connectivity index (χ1) is 12.0. The van der Waals surface area contributed by atoms with E-state index < -0.39 is 30.0 Å². The summed E-state index contributed by atoms with van der Waals surface area (Å²) in [6.45, 7) is -1.08. The third-order valence-corrected chi connectivity index (χ3v) is 3.12. The first kappa shape index (κ1) is 18.2. The number of benzene rings is 2. The highest BCUT2D eigenvalue weighted by atomic mass is 35.5. The molecule has 0 atom stereocenters. The van der Waals surface area contributed by atoms with E-state index in [1.54, 1.807) is 24.3 Å². The predicted molar refractivity (Wildman–Crippen MR) is 89.6 cm³/mol. The molecule has 2 aromatic rings. The zero-order valence-electron chi connectivity index (χ0n) is 12.8. The number of nitrogens with one attached hydrogen (secondary N) is 1. The first-order valence-corrected chi connectivity index (χ1v) is 7.41. The highest BCUT2D eigenvalue weighted by Crippen LogP contribution is 2.25. The highest BCUT2D eigenvalue weighted by molar-refractivity contribution is 6.30. The van der Waals surface area contributed by atoms with Crippen LogP contribution in [0, 0.1) is 10.1 Å². The third kappa shape index (κ3) is 5.78. The van der Waals surface area contributed by atoms with Gasteiger partial charge in [-0.15, -0.1) is 0 Å². The van der Waals surface area contributed by atoms with Crippen LogP contribution in [0.25, 0.3) is 0 Å². The topological polar surface area (TPSA) is 108 Å². The maximum atomic E-state index is 11.7. The quantitative estimate of drug-likeness (QED) is 0.460. The second kappa shape index (κ2) is 8.65. The van der Waals surface area contributed by atoms with E-state index in [4.69, 9.17) is 21.1 Å². The number of hydrogen-bond acceptors (Lipinski definition) is 6. The van der Waals surface area contributed by atoms with Crippen LogP contribution in [-0.2, 0) is 14.3 Å². The largest absolute Gasteiger partial charge is 0.475 e. The molecule has 25 heavy (non-hydrogen) atoms. The number of esters is 1. The van der Waals surface area contributed by atoms with Crippen LogP contribution in [0.4, 0.5) is 11.4 Å². The van der Waals surface area contributed by atoms with Crippen molar-refractivity contribution in [2.45, 2.75) is 0 Å². The van der Waals surface area contributed by atoms with Gasteiger partial charge in [0.05, 0.1) is 4.92 Å². The van der Waals surface area contributed by atoms with Crippen molar-refractivity contribution in [2.75, 3.05) is 18.5 Å². The van der Waals surface area contributed by atoms with Crippen molar-refractivity contribution in [3.63, 3.8) is 0 Å². The summed E-state index contributed by atoms with van der Waals surface area (Å²) in [5, 5.41) is 13.8. The lowest BCUT2D eigenvalue weighted by Crippen LogP contribution is -2.23. The average molecular weight is 365 g/mol. The molecule has 2 aromatic carbocycles. The van der Waals surface area contributed by atoms with E-state index in [0.29, 0.717) is 10.7 Å². The summed E-state index contributed by atoms with van der Waals surface area (Å²) >= 11 is 5.79. The molecule has 0 aliphatic heterocycles. The molecule has 0 fully saturated rings. The molecule has 0 unspecified atom stereocenters. The second-order valence-electron chi connectivity index (χ2n) is 4.73. The molecule has 1 amide bonds. The molecule has 130 valence electrons. The second-order valence-corrected chi connectivity index (χ2v) is 5.17. The maximum Gasteiger partial charge on any atom is 0.344 e. The van der Waals surface area contributed by atoms with Crippen molar-refractivity contribution in [3.8, 4) is 5.75 Å². The lowest BCUT2D eigenvalue weighted by molar-refractivity contribution is -0.385. The lowest BCUT2D eigenvalue weighted by Gasteiger charge is -2.08. The predicted octanol–water partition coefficient (Wildman–Crippen LogP) is 2.81. The molecule has 0 bridgehead atoms. The van der Waals surface area contributed by atoms with Gasteiger partial charge in [0.2, 0.25) is 0 Å². The number of rotatable bonds is 7. The summed E-state index contributed by atoms with van der Waals surface area (Å²) in [6, 6.07) is 12.1. The van der Waals surface area contributed by atoms with Gasteiger partial charge >= 0.3 is 11.7 Å². The van der Waals surface area contributed by atoms with Crippen LogP contribution in [0.1, 0.15) is 0 Å². The van der Waals surface area contributed by atoms with Gasteiger partial charge in [-0.25, -0.2) is 4.79 Å². The summed E-state index contributed by atoms with van der Waals surface area (Å²) in [5.74, 6) is -1.45. The van der Waals surface area contributed by atoms with Gasteiger partial charge in [-0.05, 0) is 24.3 Å². The van der Waals surface area contributed by atoms with Gasteiger partial charge in [0.1, 0.15) is 0 Å². The normalized spacial score (nSPS) is 9.96. The fourth-order valence-electron chi connectivity index (χ4n) is 1.82. The monoisotopic (exact) mass is 364 g/mol. The molecular weight excluding hydrogens is 352 g/mol. The first-order valence-electron chi connectivity index (χ1n) is 7.03. The number of carbonyl (C=O) groups is 2. The molecule has 0 aromatic heterocycles. The Morgan fingerprint density at radius 2 is 1.88 bits per heavy atom. The van der Waals surface area contributed by atoms with Crippen LogP contribution in [0.15, 0.2) is 48.5 Å². The van der Waals surface area contributed by atoms with E-state index in [9.17, 15) is 19.7 Å². The number of ether oxygens (including phenoxy) is 2. The summed E-state index contributed by atoms with van der Waals surface area (Å²) in [7, 11) is 0. The van der Waals surface area contributed by atoms with Gasteiger partial charge in [-0.1, -0.05) is 29.8 Å². The molecular formula is C16H13ClN2O6. The number of nitrogens with zero attached hydrogens (tertiary/aromatic N) is 1. The Balaban J connectivity index is 1.79. The summed E-state index contributed by atoms with van der Waals surface area (Å²) in [4.78, 5) is 33.5. The zero-order valence-corrected chi connectivity index (χ0v) is 13.6. The van der Waals surface area contributed by atoms with E-state index in [1.165, 1.54) is 24.3 Å². The minimum absolute atomic E-state index is 0.0622. The van der Waals surface area contributed by atoms with Crippen molar-refractivity contribution in [2.24, 2.45) is 0 Å². The van der Waals surface area contributed by atoms with Gasteiger partial charge in [-0.3, -0.25) is 14.9 Å². The number of para-hydroxylation sites is 2. The van der Waals surface area contributed by atoms with Gasteiger partial charge in [-0.2, -0.15) is 0 Å². The number of nitro benzene ring substituents is 1. The molecule has 0 heterocycles. The average Bonchev–Trinajstić information content (AvgIpc) is 2.58. The van der Waals surface area contributed by atoms with Crippen LogP contribution in [0.3, 0.4) is 0 Å². The standard InChI is InChI=1S/C16H13ClN2O6/c17-11-4-3-5-12(8-11)18-15(20)9-25-16(21)10-24-14-7-2-1-6-13(14)19(22)23/h1-8H,9-10H2,(H,18,20). The van der Waals surface area contributed by atoms with Crippen molar-refractivity contribution < 1.29 is 24.0 Å². The van der Waals surface area contributed by atoms with Crippen LogP contribution < -0.4 is 10.1 Å². The van der Waals surface area contributed by atoms with E-state index in [2.05, 4.69) is 5.32 Å². The molecule has 0 aliphatic rings. The molecule has 0 aliphatic carbocycles. The Morgan fingerprint density at radius 3 is 2.60 bits per heavy atom. The minimum Gasteiger partial charge on any atom is -0.475 e. The van der Waals surface area contributed by atoms with E-state index in [0.717, 1.165) is 0 Å². The Morgan fingerprint density at radius 1 is 1.12 bits per heavy atom. The Labute approximate surface area is 147 Å². The molecule has 8 nitrogen and oxygen atoms in total. The summed E-state index contributed by atoms with van der Waals surface area (Å²) in [6.07, 6.45) is 0. The number of carbonyl (C=O) groups excluding carboxylic acids is 2. The Hall–Kier alpha value is -3.13. The molecule has 2 rings (SSSR count). The Bertz CT molecular complexity index is 796. The molecule has 9 heteroatoms. The number of hydrogen-bond donors (Lipinski definition) is 1. The van der Waals surface area contributed by atoms with Crippen molar-refractivity contribution in [1.29, 1.82) is 0 Å². The number of halogens is 1.